The van der Waals surface area contributed by atoms with Crippen LogP contribution >= 0.6 is 0 Å². The number of rotatable bonds is 5. The Kier molecular flexibility index (Phi) is 5.21. The maximum absolute atomic E-state index is 12.9. The predicted molar refractivity (Wildman–Crippen MR) is 106 cm³/mol. The Balaban J connectivity index is 1.45. The lowest BCUT2D eigenvalue weighted by Crippen LogP contribution is -2.45. The van der Waals surface area contributed by atoms with Gasteiger partial charge in [-0.05, 0) is 31.5 Å². The number of likely N-dealkylation sites (tertiary alicyclic amines) is 1. The molecule has 1 aliphatic heterocycles. The van der Waals surface area contributed by atoms with Crippen LogP contribution in [0.3, 0.4) is 0 Å². The van der Waals surface area contributed by atoms with Gasteiger partial charge in [0, 0.05) is 38.6 Å². The summed E-state index contributed by atoms with van der Waals surface area (Å²) in [5, 5.41) is 4.33. The van der Waals surface area contributed by atoms with Gasteiger partial charge in [-0.3, -0.25) is 4.79 Å². The predicted octanol–water partition coefficient (Wildman–Crippen LogP) is 2.21. The lowest BCUT2D eigenvalue weighted by Gasteiger charge is -2.36. The van der Waals surface area contributed by atoms with Crippen LogP contribution in [0.2, 0.25) is 0 Å². The Bertz CT molecular complexity index is 925. The minimum absolute atomic E-state index is 0.0224. The van der Waals surface area contributed by atoms with Crippen LogP contribution in [0, 0.1) is 0 Å². The molecule has 1 N–H and O–H groups in total. The molecule has 0 aliphatic carbocycles. The summed E-state index contributed by atoms with van der Waals surface area (Å²) in [5.41, 5.74) is 1.31. The molecule has 28 heavy (non-hydrogen) atoms. The van der Waals surface area contributed by atoms with Crippen molar-refractivity contribution in [3.63, 3.8) is 0 Å². The molecule has 4 rings (SSSR count). The highest BCUT2D eigenvalue weighted by molar-refractivity contribution is 5.92. The highest BCUT2D eigenvalue weighted by Crippen LogP contribution is 2.20. The largest absolute Gasteiger partial charge is 0.337 e. The fraction of sp³-hybridized carbons (Fsp3) is 0.400. The Morgan fingerprint density at radius 1 is 1.25 bits per heavy atom. The molecule has 0 unspecified atom stereocenters. The zero-order chi connectivity index (χ0) is 19.5. The zero-order valence-electron chi connectivity index (χ0n) is 16.2. The molecule has 146 valence electrons. The van der Waals surface area contributed by atoms with E-state index in [1.54, 1.807) is 23.3 Å². The maximum atomic E-state index is 12.9. The Labute approximate surface area is 164 Å². The smallest absolute Gasteiger partial charge is 0.271 e. The average molecular weight is 379 g/mol. The first-order valence-electron chi connectivity index (χ1n) is 9.66. The molecule has 0 saturated carbocycles. The standard InChI is InChI=1S/C20H25N7O/c1-3-26-10-7-16(8-11-26)25(2)20(28)17-13-22-19(24-17)15-12-23-27(14-15)18-6-4-5-9-21-18/h4-6,9,12-14,16H,3,7-8,10-11H2,1-2H3,(H,22,24). The molecular weight excluding hydrogens is 354 g/mol. The number of aromatic amines is 1. The van der Waals surface area contributed by atoms with E-state index in [1.807, 2.05) is 36.3 Å². The van der Waals surface area contributed by atoms with Crippen molar-refractivity contribution in [3.05, 3.63) is 48.7 Å². The van der Waals surface area contributed by atoms with Crippen LogP contribution < -0.4 is 0 Å². The molecule has 0 radical (unpaired) electrons. The normalized spacial score (nSPS) is 15.6. The summed E-state index contributed by atoms with van der Waals surface area (Å²) in [6.45, 7) is 5.33. The number of hydrogen-bond acceptors (Lipinski definition) is 5. The Hall–Kier alpha value is -3.00. The molecule has 1 fully saturated rings. The monoisotopic (exact) mass is 379 g/mol. The van der Waals surface area contributed by atoms with E-state index in [0.717, 1.165) is 43.9 Å². The van der Waals surface area contributed by atoms with Crippen LogP contribution in [0.4, 0.5) is 0 Å². The molecule has 0 atom stereocenters. The van der Waals surface area contributed by atoms with Gasteiger partial charge in [0.15, 0.2) is 5.82 Å². The lowest BCUT2D eigenvalue weighted by molar-refractivity contribution is 0.0641. The maximum Gasteiger partial charge on any atom is 0.271 e. The van der Waals surface area contributed by atoms with Crippen molar-refractivity contribution in [2.24, 2.45) is 0 Å². The molecule has 3 aromatic rings. The number of nitrogens with zero attached hydrogens (tertiary/aromatic N) is 6. The summed E-state index contributed by atoms with van der Waals surface area (Å²) in [4.78, 5) is 29.0. The Morgan fingerprint density at radius 3 is 2.79 bits per heavy atom. The first-order chi connectivity index (χ1) is 13.7. The second-order valence-corrected chi connectivity index (χ2v) is 7.09. The van der Waals surface area contributed by atoms with E-state index in [2.05, 4.69) is 31.9 Å². The molecule has 4 heterocycles. The highest BCUT2D eigenvalue weighted by Gasteiger charge is 2.26. The molecule has 3 aromatic heterocycles. The second kappa shape index (κ2) is 7.93. The van der Waals surface area contributed by atoms with Gasteiger partial charge in [0.2, 0.25) is 0 Å². The number of H-pyrrole nitrogens is 1. The summed E-state index contributed by atoms with van der Waals surface area (Å²) >= 11 is 0. The fourth-order valence-electron chi connectivity index (χ4n) is 3.61. The van der Waals surface area contributed by atoms with Gasteiger partial charge in [-0.2, -0.15) is 5.10 Å². The van der Waals surface area contributed by atoms with E-state index in [0.29, 0.717) is 11.5 Å². The van der Waals surface area contributed by atoms with Crippen molar-refractivity contribution in [2.75, 3.05) is 26.7 Å². The van der Waals surface area contributed by atoms with Gasteiger partial charge in [0.1, 0.15) is 11.5 Å². The van der Waals surface area contributed by atoms with Gasteiger partial charge >= 0.3 is 0 Å². The quantitative estimate of drug-likeness (QED) is 0.735. The fourth-order valence-corrected chi connectivity index (χ4v) is 3.61. The number of pyridine rings is 1. The van der Waals surface area contributed by atoms with E-state index < -0.39 is 0 Å². The average Bonchev–Trinajstić information content (AvgIpc) is 3.43. The number of imidazole rings is 1. The van der Waals surface area contributed by atoms with Crippen LogP contribution in [0.25, 0.3) is 17.2 Å². The third-order valence-electron chi connectivity index (χ3n) is 5.42. The van der Waals surface area contributed by atoms with Crippen LogP contribution in [0.15, 0.2) is 43.0 Å². The van der Waals surface area contributed by atoms with Gasteiger partial charge in [-0.1, -0.05) is 13.0 Å². The summed E-state index contributed by atoms with van der Waals surface area (Å²) < 4.78 is 1.69. The SMILES string of the molecule is CCN1CCC(N(C)C(=O)c2cnc(-c3cnn(-c4ccccn4)c3)[nH]2)CC1. The number of nitrogens with one attached hydrogen (secondary N) is 1. The van der Waals surface area contributed by atoms with Gasteiger partial charge in [0.05, 0.1) is 18.0 Å². The molecule has 1 amide bonds. The molecule has 0 aromatic carbocycles. The van der Waals surface area contributed by atoms with Gasteiger partial charge in [0.25, 0.3) is 5.91 Å². The van der Waals surface area contributed by atoms with E-state index in [4.69, 9.17) is 0 Å². The minimum atomic E-state index is -0.0224. The molecule has 8 heteroatoms. The van der Waals surface area contributed by atoms with Crippen LogP contribution in [-0.2, 0) is 0 Å². The van der Waals surface area contributed by atoms with Crippen molar-refractivity contribution >= 4 is 5.91 Å². The van der Waals surface area contributed by atoms with Gasteiger partial charge in [-0.25, -0.2) is 14.6 Å². The number of carbonyl (C=O) groups is 1. The van der Waals surface area contributed by atoms with Crippen molar-refractivity contribution in [1.82, 2.24) is 34.5 Å². The highest BCUT2D eigenvalue weighted by atomic mass is 16.2. The summed E-state index contributed by atoms with van der Waals surface area (Å²) in [7, 11) is 1.88. The van der Waals surface area contributed by atoms with Crippen molar-refractivity contribution < 1.29 is 4.79 Å². The topological polar surface area (TPSA) is 82.9 Å². The first-order valence-corrected chi connectivity index (χ1v) is 9.66. The third-order valence-corrected chi connectivity index (χ3v) is 5.42. The lowest BCUT2D eigenvalue weighted by atomic mass is 10.0. The number of aromatic nitrogens is 5. The van der Waals surface area contributed by atoms with Crippen molar-refractivity contribution in [1.29, 1.82) is 0 Å². The number of piperidine rings is 1. The molecule has 8 nitrogen and oxygen atoms in total. The third kappa shape index (κ3) is 3.68. The van der Waals surface area contributed by atoms with E-state index in [1.165, 1.54) is 0 Å². The summed E-state index contributed by atoms with van der Waals surface area (Å²) in [5.74, 6) is 1.33. The Morgan fingerprint density at radius 2 is 2.07 bits per heavy atom. The number of hydrogen-bond donors (Lipinski definition) is 1. The van der Waals surface area contributed by atoms with E-state index >= 15 is 0 Å². The van der Waals surface area contributed by atoms with Gasteiger partial charge in [-0.15, -0.1) is 0 Å². The molecular formula is C20H25N7O. The molecule has 1 saturated heterocycles. The van der Waals surface area contributed by atoms with Gasteiger partial charge < -0.3 is 14.8 Å². The summed E-state index contributed by atoms with van der Waals surface area (Å²) in [6, 6.07) is 5.93. The van der Waals surface area contributed by atoms with Crippen LogP contribution in [0.5, 0.6) is 0 Å². The van der Waals surface area contributed by atoms with Crippen molar-refractivity contribution in [2.45, 2.75) is 25.8 Å². The molecule has 1 aliphatic rings. The van der Waals surface area contributed by atoms with Crippen LogP contribution in [0.1, 0.15) is 30.3 Å². The van der Waals surface area contributed by atoms with Crippen LogP contribution in [-0.4, -0.2) is 73.2 Å². The molecule has 0 bridgehead atoms. The molecule has 0 spiro atoms. The van der Waals surface area contributed by atoms with E-state index in [9.17, 15) is 4.79 Å². The number of amides is 1. The van der Waals surface area contributed by atoms with E-state index in [-0.39, 0.29) is 11.9 Å². The first kappa shape index (κ1) is 18.4. The summed E-state index contributed by atoms with van der Waals surface area (Å²) in [6.07, 6.45) is 8.90. The minimum Gasteiger partial charge on any atom is -0.337 e. The number of carbonyl (C=O) groups excluding carboxylic acids is 1. The second-order valence-electron chi connectivity index (χ2n) is 7.09. The zero-order valence-corrected chi connectivity index (χ0v) is 16.2. The van der Waals surface area contributed by atoms with Crippen molar-refractivity contribution in [3.8, 4) is 17.2 Å².